The molecule has 1 N–H and O–H groups in total. The molecule has 1 unspecified atom stereocenters. The van der Waals surface area contributed by atoms with Crippen molar-refractivity contribution in [2.75, 3.05) is 7.05 Å². The lowest BCUT2D eigenvalue weighted by Crippen LogP contribution is -2.22. The third-order valence-electron chi connectivity index (χ3n) is 2.86. The Morgan fingerprint density at radius 2 is 1.90 bits per heavy atom. The van der Waals surface area contributed by atoms with E-state index in [0.29, 0.717) is 16.1 Å². The summed E-state index contributed by atoms with van der Waals surface area (Å²) in [5, 5.41) is 3.30. The normalized spacial score (nSPS) is 13.0. The van der Waals surface area contributed by atoms with Crippen LogP contribution >= 0.6 is 11.6 Å². The lowest BCUT2D eigenvalue weighted by Gasteiger charge is -2.21. The molecule has 1 aromatic carbocycles. The number of pyridine rings is 1. The van der Waals surface area contributed by atoms with Crippen LogP contribution in [-0.2, 0) is 0 Å². The third-order valence-corrected chi connectivity index (χ3v) is 3.18. The molecule has 1 atom stereocenters. The van der Waals surface area contributed by atoms with Gasteiger partial charge in [0.2, 0.25) is 0 Å². The first-order valence-corrected chi connectivity index (χ1v) is 6.41. The Morgan fingerprint density at radius 1 is 1.19 bits per heavy atom. The average Bonchev–Trinajstić information content (AvgIpc) is 2.42. The first-order valence-electron chi connectivity index (χ1n) is 6.03. The summed E-state index contributed by atoms with van der Waals surface area (Å²) in [6.07, 6.45) is -1.79. The fourth-order valence-electron chi connectivity index (χ4n) is 2.04. The number of aromatic nitrogens is 1. The summed E-state index contributed by atoms with van der Waals surface area (Å²) in [6.45, 7) is 0. The first kappa shape index (κ1) is 15.6. The van der Waals surface area contributed by atoms with Crippen molar-refractivity contribution in [1.29, 1.82) is 0 Å². The van der Waals surface area contributed by atoms with Crippen LogP contribution in [-0.4, -0.2) is 18.4 Å². The van der Waals surface area contributed by atoms with Crippen LogP contribution in [0, 0.1) is 0 Å². The fraction of sp³-hybridized carbons (Fsp3) is 0.214. The van der Waals surface area contributed by atoms with Crippen molar-refractivity contribution in [3.05, 3.63) is 58.9 Å². The summed E-state index contributed by atoms with van der Waals surface area (Å²) >= 11 is 6.07. The second-order valence-corrected chi connectivity index (χ2v) is 4.61. The molecule has 0 aliphatic heterocycles. The fourth-order valence-corrected chi connectivity index (χ4v) is 2.26. The number of nitrogens with one attached hydrogen (secondary N) is 1. The van der Waals surface area contributed by atoms with Crippen molar-refractivity contribution in [3.63, 3.8) is 0 Å². The third kappa shape index (κ3) is 3.86. The minimum Gasteiger partial charge on any atom is -0.405 e. The number of alkyl halides is 3. The highest BCUT2D eigenvalue weighted by Crippen LogP contribution is 2.35. The molecule has 0 spiro atoms. The van der Waals surface area contributed by atoms with E-state index in [1.165, 1.54) is 24.5 Å². The van der Waals surface area contributed by atoms with Crippen LogP contribution in [0.25, 0.3) is 0 Å². The van der Waals surface area contributed by atoms with Gasteiger partial charge in [-0.15, -0.1) is 13.2 Å². The Kier molecular flexibility index (Phi) is 4.69. The summed E-state index contributed by atoms with van der Waals surface area (Å²) in [5.41, 5.74) is 0.956. The van der Waals surface area contributed by atoms with Crippen LogP contribution in [0.5, 0.6) is 5.75 Å². The maximum Gasteiger partial charge on any atom is 0.573 e. The molecular formula is C14H12ClF3N2O. The topological polar surface area (TPSA) is 34.2 Å². The van der Waals surface area contributed by atoms with Gasteiger partial charge in [-0.25, -0.2) is 0 Å². The van der Waals surface area contributed by atoms with Gasteiger partial charge in [-0.2, -0.15) is 0 Å². The maximum absolute atomic E-state index is 12.5. The lowest BCUT2D eigenvalue weighted by molar-refractivity contribution is -0.275. The number of ether oxygens (including phenoxy) is 1. The van der Waals surface area contributed by atoms with Gasteiger partial charge in [0.1, 0.15) is 5.75 Å². The highest BCUT2D eigenvalue weighted by Gasteiger charge is 2.33. The molecule has 112 valence electrons. The number of nitrogens with zero attached hydrogens (tertiary/aromatic N) is 1. The number of hydrogen-bond acceptors (Lipinski definition) is 3. The molecule has 7 heteroatoms. The van der Waals surface area contributed by atoms with E-state index in [2.05, 4.69) is 15.0 Å². The monoisotopic (exact) mass is 316 g/mol. The standard InChI is InChI=1S/C14H12ClF3N2O/c1-19-13(9-6-7-20-8-11(9)15)10-4-2-3-5-12(10)21-14(16,17)18/h2-8,13,19H,1H3. The van der Waals surface area contributed by atoms with Crippen molar-refractivity contribution >= 4 is 11.6 Å². The van der Waals surface area contributed by atoms with Gasteiger partial charge in [-0.3, -0.25) is 4.98 Å². The number of rotatable bonds is 4. The summed E-state index contributed by atoms with van der Waals surface area (Å²) in [7, 11) is 1.63. The van der Waals surface area contributed by atoms with E-state index in [-0.39, 0.29) is 5.75 Å². The second-order valence-electron chi connectivity index (χ2n) is 4.20. The molecule has 0 saturated heterocycles. The Hall–Kier alpha value is -1.79. The number of hydrogen-bond donors (Lipinski definition) is 1. The molecule has 0 fully saturated rings. The molecule has 1 heterocycles. The zero-order valence-electron chi connectivity index (χ0n) is 11.0. The van der Waals surface area contributed by atoms with E-state index in [0.717, 1.165) is 0 Å². The van der Waals surface area contributed by atoms with Crippen molar-refractivity contribution in [2.24, 2.45) is 0 Å². The molecule has 0 radical (unpaired) electrons. The summed E-state index contributed by atoms with van der Waals surface area (Å²) in [4.78, 5) is 3.87. The number of para-hydroxylation sites is 1. The highest BCUT2D eigenvalue weighted by atomic mass is 35.5. The molecule has 0 aliphatic rings. The van der Waals surface area contributed by atoms with E-state index in [1.807, 2.05) is 0 Å². The summed E-state index contributed by atoms with van der Waals surface area (Å²) < 4.78 is 41.6. The number of benzene rings is 1. The molecule has 3 nitrogen and oxygen atoms in total. The van der Waals surface area contributed by atoms with E-state index in [4.69, 9.17) is 11.6 Å². The van der Waals surface area contributed by atoms with Crippen molar-refractivity contribution < 1.29 is 17.9 Å². The van der Waals surface area contributed by atoms with Crippen molar-refractivity contribution in [2.45, 2.75) is 12.4 Å². The highest BCUT2D eigenvalue weighted by molar-refractivity contribution is 6.31. The Morgan fingerprint density at radius 3 is 2.52 bits per heavy atom. The molecule has 0 aliphatic carbocycles. The van der Waals surface area contributed by atoms with E-state index < -0.39 is 12.4 Å². The predicted molar refractivity (Wildman–Crippen MR) is 73.3 cm³/mol. The minimum atomic E-state index is -4.75. The average molecular weight is 317 g/mol. The Bertz CT molecular complexity index is 619. The Labute approximate surface area is 124 Å². The molecule has 2 rings (SSSR count). The maximum atomic E-state index is 12.5. The predicted octanol–water partition coefficient (Wildman–Crippen LogP) is 3.94. The van der Waals surface area contributed by atoms with Gasteiger partial charge in [0.25, 0.3) is 0 Å². The van der Waals surface area contributed by atoms with Crippen LogP contribution in [0.3, 0.4) is 0 Å². The van der Waals surface area contributed by atoms with Gasteiger partial charge in [0, 0.05) is 18.0 Å². The molecular weight excluding hydrogens is 305 g/mol. The van der Waals surface area contributed by atoms with Crippen LogP contribution in [0.2, 0.25) is 5.02 Å². The van der Waals surface area contributed by atoms with E-state index in [9.17, 15) is 13.2 Å². The summed E-state index contributed by atoms with van der Waals surface area (Å²) in [6, 6.07) is 7.04. The Balaban J connectivity index is 2.46. The zero-order chi connectivity index (χ0) is 15.5. The quantitative estimate of drug-likeness (QED) is 0.927. The van der Waals surface area contributed by atoms with Crippen LogP contribution in [0.15, 0.2) is 42.7 Å². The first-order chi connectivity index (χ1) is 9.92. The largest absolute Gasteiger partial charge is 0.573 e. The molecule has 1 aromatic heterocycles. The van der Waals surface area contributed by atoms with Crippen LogP contribution in [0.4, 0.5) is 13.2 Å². The molecule has 2 aromatic rings. The van der Waals surface area contributed by atoms with Gasteiger partial charge in [0.05, 0.1) is 11.1 Å². The second kappa shape index (κ2) is 6.32. The van der Waals surface area contributed by atoms with Crippen LogP contribution < -0.4 is 10.1 Å². The van der Waals surface area contributed by atoms with E-state index in [1.54, 1.807) is 25.2 Å². The molecule has 21 heavy (non-hydrogen) atoms. The van der Waals surface area contributed by atoms with Gasteiger partial charge in [-0.05, 0) is 24.7 Å². The van der Waals surface area contributed by atoms with Gasteiger partial charge in [-0.1, -0.05) is 29.8 Å². The van der Waals surface area contributed by atoms with Gasteiger partial charge < -0.3 is 10.1 Å². The minimum absolute atomic E-state index is 0.266. The van der Waals surface area contributed by atoms with Crippen LogP contribution in [0.1, 0.15) is 17.2 Å². The van der Waals surface area contributed by atoms with Gasteiger partial charge in [0.15, 0.2) is 0 Å². The summed E-state index contributed by atoms with van der Waals surface area (Å²) in [5.74, 6) is -0.266. The number of halogens is 4. The molecule has 0 saturated carbocycles. The molecule has 0 amide bonds. The zero-order valence-corrected chi connectivity index (χ0v) is 11.7. The van der Waals surface area contributed by atoms with Gasteiger partial charge >= 0.3 is 6.36 Å². The van der Waals surface area contributed by atoms with E-state index >= 15 is 0 Å². The van der Waals surface area contributed by atoms with Crippen molar-refractivity contribution in [1.82, 2.24) is 10.3 Å². The lowest BCUT2D eigenvalue weighted by atomic mass is 9.99. The SMILES string of the molecule is CNC(c1ccncc1Cl)c1ccccc1OC(F)(F)F. The van der Waals surface area contributed by atoms with Crippen molar-refractivity contribution in [3.8, 4) is 5.75 Å². The smallest absolute Gasteiger partial charge is 0.405 e. The molecule has 0 bridgehead atoms.